The molecule has 2 amide bonds. The van der Waals surface area contributed by atoms with Gasteiger partial charge < -0.3 is 15.7 Å². The Bertz CT molecular complexity index is 792. The fraction of sp³-hybridized carbons (Fsp3) is 0.118. The van der Waals surface area contributed by atoms with Crippen molar-refractivity contribution in [2.45, 2.75) is 13.0 Å². The number of halogens is 1. The number of carbonyl (C=O) groups excluding carboxylic acids is 2. The zero-order valence-corrected chi connectivity index (χ0v) is 12.7. The van der Waals surface area contributed by atoms with Crippen LogP contribution in [0, 0.1) is 5.82 Å². The Labute approximate surface area is 137 Å². The van der Waals surface area contributed by atoms with E-state index in [0.29, 0.717) is 0 Å². The van der Waals surface area contributed by atoms with Crippen molar-refractivity contribution in [1.29, 1.82) is 0 Å². The van der Waals surface area contributed by atoms with E-state index >= 15 is 0 Å². The van der Waals surface area contributed by atoms with Crippen molar-refractivity contribution < 1.29 is 23.9 Å². The van der Waals surface area contributed by atoms with Gasteiger partial charge in [-0.1, -0.05) is 18.2 Å². The molecule has 7 heteroatoms. The number of hydrogen-bond donors (Lipinski definition) is 3. The molecule has 0 aliphatic heterocycles. The molecular formula is C17H15FN2O4. The van der Waals surface area contributed by atoms with Gasteiger partial charge in [0.05, 0.1) is 11.3 Å². The van der Waals surface area contributed by atoms with Gasteiger partial charge >= 0.3 is 5.97 Å². The van der Waals surface area contributed by atoms with Crippen LogP contribution in [-0.2, 0) is 4.79 Å². The van der Waals surface area contributed by atoms with E-state index in [-0.39, 0.29) is 16.8 Å². The lowest BCUT2D eigenvalue weighted by atomic mass is 10.1. The molecule has 0 radical (unpaired) electrons. The summed E-state index contributed by atoms with van der Waals surface area (Å²) in [5.74, 6) is -2.94. The van der Waals surface area contributed by atoms with Gasteiger partial charge in [0.25, 0.3) is 5.91 Å². The van der Waals surface area contributed by atoms with Gasteiger partial charge in [-0.15, -0.1) is 0 Å². The second kappa shape index (κ2) is 7.36. The maximum absolute atomic E-state index is 13.1. The average molecular weight is 330 g/mol. The number of rotatable bonds is 5. The Morgan fingerprint density at radius 3 is 2.46 bits per heavy atom. The van der Waals surface area contributed by atoms with Gasteiger partial charge in [0.15, 0.2) is 0 Å². The molecule has 0 fully saturated rings. The zero-order chi connectivity index (χ0) is 17.7. The molecule has 24 heavy (non-hydrogen) atoms. The number of carboxylic acid groups (broad SMARTS) is 1. The Hall–Kier alpha value is -3.22. The topological polar surface area (TPSA) is 95.5 Å². The van der Waals surface area contributed by atoms with E-state index < -0.39 is 29.6 Å². The van der Waals surface area contributed by atoms with Gasteiger partial charge in [-0.05, 0) is 37.3 Å². The highest BCUT2D eigenvalue weighted by Crippen LogP contribution is 2.15. The summed E-state index contributed by atoms with van der Waals surface area (Å²) < 4.78 is 13.1. The highest BCUT2D eigenvalue weighted by atomic mass is 19.1. The summed E-state index contributed by atoms with van der Waals surface area (Å²) in [7, 11) is 0. The van der Waals surface area contributed by atoms with E-state index in [1.54, 1.807) is 6.07 Å². The van der Waals surface area contributed by atoms with Crippen LogP contribution in [0.25, 0.3) is 0 Å². The Morgan fingerprint density at radius 1 is 1.08 bits per heavy atom. The maximum Gasteiger partial charge on any atom is 0.337 e. The molecule has 0 spiro atoms. The van der Waals surface area contributed by atoms with Crippen molar-refractivity contribution in [2.75, 3.05) is 5.32 Å². The van der Waals surface area contributed by atoms with Gasteiger partial charge in [0, 0.05) is 5.56 Å². The minimum Gasteiger partial charge on any atom is -0.478 e. The van der Waals surface area contributed by atoms with Crippen LogP contribution in [0.15, 0.2) is 48.5 Å². The van der Waals surface area contributed by atoms with Gasteiger partial charge in [-0.3, -0.25) is 9.59 Å². The van der Waals surface area contributed by atoms with E-state index in [1.165, 1.54) is 43.3 Å². The third kappa shape index (κ3) is 4.16. The number of carbonyl (C=O) groups is 3. The minimum absolute atomic E-state index is 0.0606. The number of amides is 2. The summed E-state index contributed by atoms with van der Waals surface area (Å²) in [5.41, 5.74) is 0.150. The number of para-hydroxylation sites is 1. The summed E-state index contributed by atoms with van der Waals surface area (Å²) in [6.45, 7) is 1.44. The summed E-state index contributed by atoms with van der Waals surface area (Å²) in [5, 5.41) is 14.0. The van der Waals surface area contributed by atoms with Crippen molar-refractivity contribution in [1.82, 2.24) is 5.32 Å². The summed E-state index contributed by atoms with van der Waals surface area (Å²) in [4.78, 5) is 35.2. The van der Waals surface area contributed by atoms with E-state index in [1.807, 2.05) is 0 Å². The molecule has 0 heterocycles. The first kappa shape index (κ1) is 17.1. The van der Waals surface area contributed by atoms with Crippen molar-refractivity contribution in [3.8, 4) is 0 Å². The lowest BCUT2D eigenvalue weighted by Gasteiger charge is -2.15. The lowest BCUT2D eigenvalue weighted by molar-refractivity contribution is -0.117. The Morgan fingerprint density at radius 2 is 1.79 bits per heavy atom. The number of carboxylic acids is 1. The fourth-order valence-electron chi connectivity index (χ4n) is 1.99. The third-order valence-corrected chi connectivity index (χ3v) is 3.24. The Balaban J connectivity index is 2.05. The molecule has 0 unspecified atom stereocenters. The molecule has 0 bridgehead atoms. The number of benzene rings is 2. The largest absolute Gasteiger partial charge is 0.478 e. The number of nitrogens with one attached hydrogen (secondary N) is 2. The molecule has 2 aromatic rings. The SMILES string of the molecule is C[C@@H](NC(=O)c1cccc(F)c1)C(=O)Nc1ccccc1C(=O)O. The average Bonchev–Trinajstić information content (AvgIpc) is 2.55. The second-order valence-corrected chi connectivity index (χ2v) is 5.05. The van der Waals surface area contributed by atoms with Crippen molar-refractivity contribution in [3.05, 3.63) is 65.5 Å². The molecule has 2 rings (SSSR count). The molecule has 124 valence electrons. The second-order valence-electron chi connectivity index (χ2n) is 5.05. The predicted octanol–water partition coefficient (Wildman–Crippen LogP) is 2.28. The molecule has 6 nitrogen and oxygen atoms in total. The van der Waals surface area contributed by atoms with Crippen LogP contribution in [0.4, 0.5) is 10.1 Å². The summed E-state index contributed by atoms with van der Waals surface area (Å²) in [6, 6.07) is 10.0. The van der Waals surface area contributed by atoms with Crippen LogP contribution in [0.2, 0.25) is 0 Å². The first-order chi connectivity index (χ1) is 11.4. The maximum atomic E-state index is 13.1. The summed E-state index contributed by atoms with van der Waals surface area (Å²) in [6.07, 6.45) is 0. The van der Waals surface area contributed by atoms with Crippen molar-refractivity contribution in [3.63, 3.8) is 0 Å². The molecule has 2 aromatic carbocycles. The van der Waals surface area contributed by atoms with Crippen LogP contribution < -0.4 is 10.6 Å². The number of aromatic carboxylic acids is 1. The quantitative estimate of drug-likeness (QED) is 0.784. The molecule has 0 saturated carbocycles. The van der Waals surface area contributed by atoms with Crippen LogP contribution in [0.1, 0.15) is 27.6 Å². The standard InChI is InChI=1S/C17H15FN2O4/c1-10(19-16(22)11-5-4-6-12(18)9-11)15(21)20-14-8-3-2-7-13(14)17(23)24/h2-10H,1H3,(H,19,22)(H,20,21)(H,23,24)/t10-/m1/s1. The van der Waals surface area contributed by atoms with Crippen LogP contribution in [0.3, 0.4) is 0 Å². The van der Waals surface area contributed by atoms with Crippen molar-refractivity contribution in [2.24, 2.45) is 0 Å². The lowest BCUT2D eigenvalue weighted by Crippen LogP contribution is -2.41. The molecule has 1 atom stereocenters. The van der Waals surface area contributed by atoms with Gasteiger partial charge in [0.1, 0.15) is 11.9 Å². The fourth-order valence-corrected chi connectivity index (χ4v) is 1.99. The van der Waals surface area contributed by atoms with Gasteiger partial charge in [-0.2, -0.15) is 0 Å². The molecule has 0 aliphatic rings. The molecule has 3 N–H and O–H groups in total. The van der Waals surface area contributed by atoms with Crippen LogP contribution in [-0.4, -0.2) is 28.9 Å². The summed E-state index contributed by atoms with van der Waals surface area (Å²) >= 11 is 0. The smallest absolute Gasteiger partial charge is 0.337 e. The first-order valence-electron chi connectivity index (χ1n) is 7.08. The normalized spacial score (nSPS) is 11.4. The van der Waals surface area contributed by atoms with E-state index in [4.69, 9.17) is 5.11 Å². The van der Waals surface area contributed by atoms with Gasteiger partial charge in [-0.25, -0.2) is 9.18 Å². The van der Waals surface area contributed by atoms with E-state index in [9.17, 15) is 18.8 Å². The van der Waals surface area contributed by atoms with E-state index in [0.717, 1.165) is 6.07 Å². The highest BCUT2D eigenvalue weighted by Gasteiger charge is 2.19. The highest BCUT2D eigenvalue weighted by molar-refractivity contribution is 6.04. The van der Waals surface area contributed by atoms with Crippen LogP contribution >= 0.6 is 0 Å². The first-order valence-corrected chi connectivity index (χ1v) is 7.08. The molecule has 0 aliphatic carbocycles. The molecule has 0 aromatic heterocycles. The zero-order valence-electron chi connectivity index (χ0n) is 12.7. The monoisotopic (exact) mass is 330 g/mol. The number of anilines is 1. The molecule has 0 saturated heterocycles. The minimum atomic E-state index is -1.18. The van der Waals surface area contributed by atoms with Crippen LogP contribution in [0.5, 0.6) is 0 Å². The van der Waals surface area contributed by atoms with Crippen molar-refractivity contribution >= 4 is 23.5 Å². The Kier molecular flexibility index (Phi) is 5.26. The third-order valence-electron chi connectivity index (χ3n) is 3.24. The molecular weight excluding hydrogens is 315 g/mol. The predicted molar refractivity (Wildman–Crippen MR) is 85.4 cm³/mol. The van der Waals surface area contributed by atoms with Gasteiger partial charge in [0.2, 0.25) is 5.91 Å². The number of hydrogen-bond acceptors (Lipinski definition) is 3. The van der Waals surface area contributed by atoms with E-state index in [2.05, 4.69) is 10.6 Å².